The zero-order valence-corrected chi connectivity index (χ0v) is 9.47. The van der Waals surface area contributed by atoms with Gasteiger partial charge in [0.15, 0.2) is 0 Å². The van der Waals surface area contributed by atoms with E-state index in [1.807, 2.05) is 5.51 Å². The van der Waals surface area contributed by atoms with Crippen LogP contribution in [0.3, 0.4) is 0 Å². The fraction of sp³-hybridized carbons (Fsp3) is 0.154. The zero-order valence-electron chi connectivity index (χ0n) is 8.66. The zero-order chi connectivity index (χ0) is 10.5. The SMILES string of the molecule is C1=Cc2[nH]c3c(ccc4ncsc43)c2CC1. The van der Waals surface area contributed by atoms with Gasteiger partial charge in [0.1, 0.15) is 0 Å². The molecule has 78 valence electrons. The molecule has 16 heavy (non-hydrogen) atoms. The van der Waals surface area contributed by atoms with Gasteiger partial charge in [-0.15, -0.1) is 11.3 Å². The summed E-state index contributed by atoms with van der Waals surface area (Å²) in [6, 6.07) is 4.33. The van der Waals surface area contributed by atoms with E-state index in [0.29, 0.717) is 0 Å². The molecule has 1 aromatic carbocycles. The van der Waals surface area contributed by atoms with Gasteiger partial charge in [0.2, 0.25) is 0 Å². The largest absolute Gasteiger partial charge is 0.354 e. The first-order chi connectivity index (χ1) is 7.93. The molecule has 0 spiro atoms. The monoisotopic (exact) mass is 226 g/mol. The maximum absolute atomic E-state index is 4.36. The molecule has 2 nitrogen and oxygen atoms in total. The number of aromatic nitrogens is 2. The average molecular weight is 226 g/mol. The van der Waals surface area contributed by atoms with Crippen molar-refractivity contribution in [3.8, 4) is 0 Å². The number of nitrogens with zero attached hydrogens (tertiary/aromatic N) is 1. The molecule has 1 aliphatic rings. The van der Waals surface area contributed by atoms with Gasteiger partial charge in [-0.05, 0) is 30.5 Å². The van der Waals surface area contributed by atoms with Crippen LogP contribution in [-0.2, 0) is 6.42 Å². The third-order valence-corrected chi connectivity index (χ3v) is 4.11. The van der Waals surface area contributed by atoms with Crippen LogP contribution in [0.15, 0.2) is 23.7 Å². The molecule has 4 rings (SSSR count). The van der Waals surface area contributed by atoms with Gasteiger partial charge in [-0.3, -0.25) is 0 Å². The fourth-order valence-corrected chi connectivity index (χ4v) is 3.29. The first-order valence-corrected chi connectivity index (χ1v) is 6.35. The van der Waals surface area contributed by atoms with Crippen LogP contribution < -0.4 is 0 Å². The third kappa shape index (κ3) is 0.985. The number of rotatable bonds is 0. The van der Waals surface area contributed by atoms with E-state index >= 15 is 0 Å². The fourth-order valence-electron chi connectivity index (χ4n) is 2.50. The maximum Gasteiger partial charge on any atom is 0.0833 e. The predicted octanol–water partition coefficient (Wildman–Crippen LogP) is 3.74. The van der Waals surface area contributed by atoms with E-state index < -0.39 is 0 Å². The summed E-state index contributed by atoms with van der Waals surface area (Å²) in [5, 5.41) is 1.37. The molecular weight excluding hydrogens is 216 g/mol. The second kappa shape index (κ2) is 2.95. The highest BCUT2D eigenvalue weighted by molar-refractivity contribution is 7.17. The van der Waals surface area contributed by atoms with Crippen molar-refractivity contribution in [3.05, 3.63) is 35.0 Å². The number of hydrogen-bond donors (Lipinski definition) is 1. The minimum absolute atomic E-state index is 1.10. The van der Waals surface area contributed by atoms with Gasteiger partial charge >= 0.3 is 0 Å². The van der Waals surface area contributed by atoms with E-state index in [1.165, 1.54) is 26.9 Å². The van der Waals surface area contributed by atoms with Crippen molar-refractivity contribution in [1.29, 1.82) is 0 Å². The van der Waals surface area contributed by atoms with E-state index in [4.69, 9.17) is 0 Å². The standard InChI is InChI=1S/C13H10N2S/c1-2-4-10-8(3-1)9-5-6-11-13(12(9)15-10)16-7-14-11/h2,4-7,15H,1,3H2. The summed E-state index contributed by atoms with van der Waals surface area (Å²) in [5.74, 6) is 0. The van der Waals surface area contributed by atoms with E-state index in [2.05, 4.69) is 34.3 Å². The van der Waals surface area contributed by atoms with Crippen LogP contribution in [0.25, 0.3) is 27.2 Å². The lowest BCUT2D eigenvalue weighted by Crippen LogP contribution is -1.89. The highest BCUT2D eigenvalue weighted by atomic mass is 32.1. The lowest BCUT2D eigenvalue weighted by Gasteiger charge is -2.03. The molecule has 3 aromatic rings. The number of H-pyrrole nitrogens is 1. The van der Waals surface area contributed by atoms with Gasteiger partial charge in [0, 0.05) is 11.1 Å². The Kier molecular flexibility index (Phi) is 1.57. The molecular formula is C13H10N2S. The smallest absolute Gasteiger partial charge is 0.0833 e. The summed E-state index contributed by atoms with van der Waals surface area (Å²) in [7, 11) is 0. The second-order valence-corrected chi connectivity index (χ2v) is 5.00. The minimum atomic E-state index is 1.10. The van der Waals surface area contributed by atoms with Gasteiger partial charge in [0.05, 0.1) is 21.2 Å². The van der Waals surface area contributed by atoms with Crippen LogP contribution >= 0.6 is 11.3 Å². The van der Waals surface area contributed by atoms with Crippen LogP contribution in [0.4, 0.5) is 0 Å². The van der Waals surface area contributed by atoms with Crippen LogP contribution in [-0.4, -0.2) is 9.97 Å². The van der Waals surface area contributed by atoms with Crippen molar-refractivity contribution in [3.63, 3.8) is 0 Å². The molecule has 0 atom stereocenters. The summed E-state index contributed by atoms with van der Waals surface area (Å²) in [4.78, 5) is 7.88. The summed E-state index contributed by atoms with van der Waals surface area (Å²) in [6.07, 6.45) is 6.74. The Morgan fingerprint density at radius 2 is 2.31 bits per heavy atom. The molecule has 0 unspecified atom stereocenters. The summed E-state index contributed by atoms with van der Waals surface area (Å²) in [6.45, 7) is 0. The van der Waals surface area contributed by atoms with Crippen molar-refractivity contribution >= 4 is 38.5 Å². The quantitative estimate of drug-likeness (QED) is 0.621. The number of aryl methyl sites for hydroxylation is 1. The molecule has 3 heteroatoms. The van der Waals surface area contributed by atoms with Crippen molar-refractivity contribution in [2.75, 3.05) is 0 Å². The summed E-state index contributed by atoms with van der Waals surface area (Å²) >= 11 is 1.71. The molecule has 0 saturated carbocycles. The lowest BCUT2D eigenvalue weighted by atomic mass is 10.0. The highest BCUT2D eigenvalue weighted by Gasteiger charge is 2.14. The van der Waals surface area contributed by atoms with Crippen LogP contribution in [0, 0.1) is 0 Å². The summed E-state index contributed by atoms with van der Waals surface area (Å²) < 4.78 is 1.28. The van der Waals surface area contributed by atoms with Crippen molar-refractivity contribution in [2.45, 2.75) is 12.8 Å². The highest BCUT2D eigenvalue weighted by Crippen LogP contribution is 2.33. The number of fused-ring (bicyclic) bond motifs is 5. The molecule has 0 aliphatic heterocycles. The number of hydrogen-bond acceptors (Lipinski definition) is 2. The number of thiazole rings is 1. The van der Waals surface area contributed by atoms with Crippen molar-refractivity contribution in [2.24, 2.45) is 0 Å². The van der Waals surface area contributed by atoms with Crippen molar-refractivity contribution < 1.29 is 0 Å². The number of benzene rings is 1. The molecule has 0 bridgehead atoms. The van der Waals surface area contributed by atoms with Gasteiger partial charge in [-0.1, -0.05) is 12.1 Å². The average Bonchev–Trinajstić information content (AvgIpc) is 2.92. The Labute approximate surface area is 96.6 Å². The van der Waals surface area contributed by atoms with Crippen LogP contribution in [0.1, 0.15) is 17.7 Å². The third-order valence-electron chi connectivity index (χ3n) is 3.25. The van der Waals surface area contributed by atoms with E-state index in [0.717, 1.165) is 18.4 Å². The number of allylic oxidation sites excluding steroid dienone is 1. The molecule has 0 saturated heterocycles. The Balaban J connectivity index is 2.23. The number of nitrogens with one attached hydrogen (secondary N) is 1. The first-order valence-electron chi connectivity index (χ1n) is 5.47. The lowest BCUT2D eigenvalue weighted by molar-refractivity contribution is 0.992. The Hall–Kier alpha value is -1.61. The van der Waals surface area contributed by atoms with Crippen LogP contribution in [0.5, 0.6) is 0 Å². The molecule has 2 heterocycles. The first kappa shape index (κ1) is 8.53. The van der Waals surface area contributed by atoms with Crippen LogP contribution in [0.2, 0.25) is 0 Å². The van der Waals surface area contributed by atoms with Gasteiger partial charge in [-0.2, -0.15) is 0 Å². The normalized spacial score (nSPS) is 14.8. The minimum Gasteiger partial charge on any atom is -0.354 e. The van der Waals surface area contributed by atoms with E-state index in [1.54, 1.807) is 11.3 Å². The van der Waals surface area contributed by atoms with Gasteiger partial charge in [-0.25, -0.2) is 4.98 Å². The molecule has 1 N–H and O–H groups in total. The summed E-state index contributed by atoms with van der Waals surface area (Å²) in [5.41, 5.74) is 7.02. The topological polar surface area (TPSA) is 28.7 Å². The van der Waals surface area contributed by atoms with Crippen molar-refractivity contribution in [1.82, 2.24) is 9.97 Å². The Morgan fingerprint density at radius 3 is 3.31 bits per heavy atom. The molecule has 0 radical (unpaired) electrons. The van der Waals surface area contributed by atoms with Gasteiger partial charge in [0.25, 0.3) is 0 Å². The van der Waals surface area contributed by atoms with E-state index in [9.17, 15) is 0 Å². The second-order valence-electron chi connectivity index (χ2n) is 4.15. The molecule has 0 amide bonds. The number of aromatic amines is 1. The molecule has 0 fully saturated rings. The molecule has 1 aliphatic carbocycles. The van der Waals surface area contributed by atoms with E-state index in [-0.39, 0.29) is 0 Å². The predicted molar refractivity (Wildman–Crippen MR) is 68.8 cm³/mol. The Bertz CT molecular complexity index is 718. The maximum atomic E-state index is 4.36. The molecule has 2 aromatic heterocycles. The van der Waals surface area contributed by atoms with Gasteiger partial charge < -0.3 is 4.98 Å². The Morgan fingerprint density at radius 1 is 1.31 bits per heavy atom.